The third kappa shape index (κ3) is 5.84. The van der Waals surface area contributed by atoms with E-state index in [4.69, 9.17) is 19.2 Å². The summed E-state index contributed by atoms with van der Waals surface area (Å²) < 4.78 is 15.9. The number of nitrogens with zero attached hydrogens (tertiary/aromatic N) is 1. The van der Waals surface area contributed by atoms with Gasteiger partial charge < -0.3 is 19.2 Å². The summed E-state index contributed by atoms with van der Waals surface area (Å²) in [5, 5.41) is 11.9. The predicted octanol–water partition coefficient (Wildman–Crippen LogP) is 4.58. The Kier molecular flexibility index (Phi) is 7.22. The van der Waals surface area contributed by atoms with Crippen LogP contribution < -0.4 is 10.1 Å². The topological polar surface area (TPSA) is 102 Å². The van der Waals surface area contributed by atoms with Crippen molar-refractivity contribution in [2.24, 2.45) is 0 Å². The van der Waals surface area contributed by atoms with E-state index < -0.39 is 11.9 Å². The van der Waals surface area contributed by atoms with Gasteiger partial charge in [-0.15, -0.1) is 0 Å². The number of anilines is 1. The van der Waals surface area contributed by atoms with Gasteiger partial charge in [0, 0.05) is 11.3 Å². The fourth-order valence-corrected chi connectivity index (χ4v) is 2.69. The van der Waals surface area contributed by atoms with Crippen LogP contribution in [0.15, 0.2) is 76.9 Å². The molecule has 0 atom stereocenters. The van der Waals surface area contributed by atoms with Crippen LogP contribution in [0.2, 0.25) is 0 Å². The summed E-state index contributed by atoms with van der Waals surface area (Å²) in [7, 11) is 0. The van der Waals surface area contributed by atoms with Gasteiger partial charge in [0.25, 0.3) is 5.91 Å². The van der Waals surface area contributed by atoms with Gasteiger partial charge in [0.1, 0.15) is 24.0 Å². The molecule has 31 heavy (non-hydrogen) atoms. The van der Waals surface area contributed by atoms with Crippen molar-refractivity contribution in [1.82, 2.24) is 0 Å². The number of nitrogens with one attached hydrogen (secondary N) is 1. The number of carbonyl (C=O) groups is 2. The van der Waals surface area contributed by atoms with Crippen molar-refractivity contribution in [2.75, 3.05) is 11.9 Å². The first kappa shape index (κ1) is 21.4. The molecule has 3 rings (SSSR count). The van der Waals surface area contributed by atoms with E-state index in [1.165, 1.54) is 12.3 Å². The van der Waals surface area contributed by atoms with Gasteiger partial charge in [-0.2, -0.15) is 5.26 Å². The van der Waals surface area contributed by atoms with Crippen LogP contribution in [0.5, 0.6) is 5.75 Å². The molecule has 0 aliphatic rings. The second-order valence-electron chi connectivity index (χ2n) is 6.34. The minimum atomic E-state index is -0.676. The number of carbonyl (C=O) groups excluding carboxylic acids is 2. The number of furan rings is 1. The Morgan fingerprint density at radius 1 is 1.10 bits per heavy atom. The van der Waals surface area contributed by atoms with Crippen LogP contribution in [0.1, 0.15) is 28.6 Å². The second kappa shape index (κ2) is 10.5. The molecule has 0 saturated carbocycles. The SMILES string of the molecule is CCOC(=O)/C(C#N)=C/c1ccc(NC(=O)c2occc2COc2ccccc2)cc1. The number of rotatable bonds is 8. The summed E-state index contributed by atoms with van der Waals surface area (Å²) in [5.74, 6) is -0.234. The Hall–Kier alpha value is -4.31. The van der Waals surface area contributed by atoms with Crippen LogP contribution in [0.3, 0.4) is 0 Å². The highest BCUT2D eigenvalue weighted by Gasteiger charge is 2.16. The van der Waals surface area contributed by atoms with Crippen molar-refractivity contribution in [2.45, 2.75) is 13.5 Å². The van der Waals surface area contributed by atoms with Crippen LogP contribution in [0.25, 0.3) is 6.08 Å². The molecule has 3 aromatic rings. The van der Waals surface area contributed by atoms with Gasteiger partial charge in [-0.05, 0) is 48.9 Å². The largest absolute Gasteiger partial charge is 0.489 e. The van der Waals surface area contributed by atoms with Crippen LogP contribution >= 0.6 is 0 Å². The minimum Gasteiger partial charge on any atom is -0.489 e. The third-order valence-electron chi connectivity index (χ3n) is 4.19. The molecule has 0 radical (unpaired) electrons. The standard InChI is InChI=1S/C24H20N2O5/c1-2-29-24(28)19(15-25)14-17-8-10-20(11-9-17)26-23(27)22-18(12-13-30-22)16-31-21-6-4-3-5-7-21/h3-14H,2,16H2,1H3,(H,26,27)/b19-14+. The van der Waals surface area contributed by atoms with Crippen LogP contribution in [-0.4, -0.2) is 18.5 Å². The second-order valence-corrected chi connectivity index (χ2v) is 6.34. The molecule has 0 fully saturated rings. The number of nitriles is 1. The molecule has 2 aromatic carbocycles. The van der Waals surface area contributed by atoms with Gasteiger partial charge in [-0.1, -0.05) is 30.3 Å². The quantitative estimate of drug-likeness (QED) is 0.328. The molecule has 1 N–H and O–H groups in total. The molecular formula is C24H20N2O5. The lowest BCUT2D eigenvalue weighted by molar-refractivity contribution is -0.137. The monoisotopic (exact) mass is 416 g/mol. The fraction of sp³-hybridized carbons (Fsp3) is 0.125. The Morgan fingerprint density at radius 2 is 1.84 bits per heavy atom. The average molecular weight is 416 g/mol. The maximum Gasteiger partial charge on any atom is 0.348 e. The first-order valence-corrected chi connectivity index (χ1v) is 9.55. The number of hydrogen-bond donors (Lipinski definition) is 1. The number of hydrogen-bond acceptors (Lipinski definition) is 6. The summed E-state index contributed by atoms with van der Waals surface area (Å²) >= 11 is 0. The molecule has 0 bridgehead atoms. The van der Waals surface area contributed by atoms with Crippen LogP contribution in [-0.2, 0) is 16.1 Å². The third-order valence-corrected chi connectivity index (χ3v) is 4.19. The Morgan fingerprint density at radius 3 is 2.52 bits per heavy atom. The minimum absolute atomic E-state index is 0.0997. The molecule has 0 aliphatic heterocycles. The summed E-state index contributed by atoms with van der Waals surface area (Å²) in [6.45, 7) is 2.05. The lowest BCUT2D eigenvalue weighted by Gasteiger charge is -2.07. The van der Waals surface area contributed by atoms with Crippen molar-refractivity contribution in [3.63, 3.8) is 0 Å². The number of esters is 1. The molecular weight excluding hydrogens is 396 g/mol. The van der Waals surface area contributed by atoms with Crippen molar-refractivity contribution in [3.8, 4) is 11.8 Å². The average Bonchev–Trinajstić information content (AvgIpc) is 3.27. The van der Waals surface area contributed by atoms with E-state index in [1.807, 2.05) is 36.4 Å². The van der Waals surface area contributed by atoms with Gasteiger partial charge in [0.15, 0.2) is 5.76 Å². The van der Waals surface area contributed by atoms with E-state index in [0.29, 0.717) is 22.6 Å². The Balaban J connectivity index is 1.64. The highest BCUT2D eigenvalue weighted by molar-refractivity contribution is 6.03. The molecule has 0 aliphatic carbocycles. The normalized spacial score (nSPS) is 10.8. The molecule has 0 spiro atoms. The van der Waals surface area contributed by atoms with Gasteiger partial charge in [-0.25, -0.2) is 4.79 Å². The lowest BCUT2D eigenvalue weighted by atomic mass is 10.1. The fourth-order valence-electron chi connectivity index (χ4n) is 2.69. The zero-order chi connectivity index (χ0) is 22.1. The molecule has 156 valence electrons. The Bertz CT molecular complexity index is 1110. The maximum absolute atomic E-state index is 12.6. The van der Waals surface area contributed by atoms with Gasteiger partial charge in [0.05, 0.1) is 12.9 Å². The first-order valence-electron chi connectivity index (χ1n) is 9.55. The number of benzene rings is 2. The van der Waals surface area contributed by atoms with Gasteiger partial charge in [-0.3, -0.25) is 4.79 Å². The highest BCUT2D eigenvalue weighted by atomic mass is 16.5. The smallest absolute Gasteiger partial charge is 0.348 e. The lowest BCUT2D eigenvalue weighted by Crippen LogP contribution is -2.13. The summed E-state index contributed by atoms with van der Waals surface area (Å²) in [5.41, 5.74) is 1.67. The van der Waals surface area contributed by atoms with Crippen molar-refractivity contribution in [1.29, 1.82) is 5.26 Å². The molecule has 7 heteroatoms. The maximum atomic E-state index is 12.6. The first-order chi connectivity index (χ1) is 15.1. The van der Waals surface area contributed by atoms with Crippen molar-refractivity contribution < 1.29 is 23.5 Å². The molecule has 0 unspecified atom stereocenters. The molecule has 0 saturated heterocycles. The van der Waals surface area contributed by atoms with E-state index in [2.05, 4.69) is 5.32 Å². The van der Waals surface area contributed by atoms with Crippen LogP contribution in [0, 0.1) is 11.3 Å². The Labute approximate surface area is 179 Å². The molecule has 1 heterocycles. The number of ether oxygens (including phenoxy) is 2. The van der Waals surface area contributed by atoms with Crippen LogP contribution in [0.4, 0.5) is 5.69 Å². The summed E-state index contributed by atoms with van der Waals surface area (Å²) in [6, 6.07) is 19.5. The van der Waals surface area contributed by atoms with Gasteiger partial charge in [0.2, 0.25) is 0 Å². The zero-order valence-electron chi connectivity index (χ0n) is 16.8. The van der Waals surface area contributed by atoms with E-state index in [9.17, 15) is 9.59 Å². The molecule has 7 nitrogen and oxygen atoms in total. The molecule has 1 aromatic heterocycles. The summed E-state index contributed by atoms with van der Waals surface area (Å²) in [4.78, 5) is 24.3. The predicted molar refractivity (Wildman–Crippen MR) is 114 cm³/mol. The number of amides is 1. The van der Waals surface area contributed by atoms with E-state index in [-0.39, 0.29) is 24.5 Å². The zero-order valence-corrected chi connectivity index (χ0v) is 16.8. The highest BCUT2D eigenvalue weighted by Crippen LogP contribution is 2.18. The van der Waals surface area contributed by atoms with Gasteiger partial charge >= 0.3 is 5.97 Å². The summed E-state index contributed by atoms with van der Waals surface area (Å²) in [6.07, 6.45) is 2.86. The van der Waals surface area contributed by atoms with E-state index in [0.717, 1.165) is 0 Å². The van der Waals surface area contributed by atoms with Crippen molar-refractivity contribution in [3.05, 3.63) is 89.4 Å². The number of para-hydroxylation sites is 1. The van der Waals surface area contributed by atoms with E-state index in [1.54, 1.807) is 37.3 Å². The molecule has 1 amide bonds. The van der Waals surface area contributed by atoms with E-state index >= 15 is 0 Å². The van der Waals surface area contributed by atoms with Crippen molar-refractivity contribution >= 4 is 23.6 Å².